The van der Waals surface area contributed by atoms with E-state index in [0.717, 1.165) is 26.0 Å². The van der Waals surface area contributed by atoms with Crippen LogP contribution in [-0.4, -0.2) is 33.9 Å². The molecule has 9 heteroatoms. The number of carbonyl (C=O) groups excluding carboxylic acids is 2. The zero-order valence-corrected chi connectivity index (χ0v) is 21.8. The number of ether oxygens (including phenoxy) is 1. The van der Waals surface area contributed by atoms with Gasteiger partial charge in [0.25, 0.3) is 5.91 Å². The Bertz CT molecular complexity index is 1760. The fraction of sp³-hybridized carbons (Fsp3) is 0.143. The summed E-state index contributed by atoms with van der Waals surface area (Å²) in [5.41, 5.74) is 2.03. The van der Waals surface area contributed by atoms with Crippen molar-refractivity contribution in [1.29, 1.82) is 0 Å². The molecular weight excluding hydrogens is 506 g/mol. The van der Waals surface area contributed by atoms with E-state index >= 15 is 0 Å². The highest BCUT2D eigenvalue weighted by molar-refractivity contribution is 7.22. The summed E-state index contributed by atoms with van der Waals surface area (Å²) >= 11 is 2.56. The first-order chi connectivity index (χ1) is 17.9. The molecular formula is C28H21N3O4S2. The highest BCUT2D eigenvalue weighted by Crippen LogP contribution is 2.46. The van der Waals surface area contributed by atoms with Crippen molar-refractivity contribution in [2.75, 3.05) is 12.0 Å². The topological polar surface area (TPSA) is 92.6 Å². The lowest BCUT2D eigenvalue weighted by molar-refractivity contribution is -0.117. The third kappa shape index (κ3) is 3.70. The van der Waals surface area contributed by atoms with Gasteiger partial charge in [-0.25, -0.2) is 9.97 Å². The summed E-state index contributed by atoms with van der Waals surface area (Å²) in [6, 6.07) is 18.2. The molecule has 0 radical (unpaired) electrons. The maximum atomic E-state index is 13.9. The number of benzene rings is 3. The van der Waals surface area contributed by atoms with E-state index in [1.54, 1.807) is 20.1 Å². The SMILES string of the molecule is COc1ccc2nc(N3C(=O)C(O)=C(C(=O)c4sc(C)nc4C)C3c3cccc4ccccc34)sc2c1. The van der Waals surface area contributed by atoms with E-state index < -0.39 is 23.5 Å². The van der Waals surface area contributed by atoms with E-state index in [9.17, 15) is 14.7 Å². The molecule has 0 saturated heterocycles. The van der Waals surface area contributed by atoms with Crippen LogP contribution in [0.2, 0.25) is 0 Å². The van der Waals surface area contributed by atoms with Crippen molar-refractivity contribution < 1.29 is 19.4 Å². The molecule has 184 valence electrons. The van der Waals surface area contributed by atoms with E-state index in [2.05, 4.69) is 4.98 Å². The monoisotopic (exact) mass is 527 g/mol. The fourth-order valence-corrected chi connectivity index (χ4v) is 6.70. The lowest BCUT2D eigenvalue weighted by Crippen LogP contribution is -2.31. The van der Waals surface area contributed by atoms with Crippen LogP contribution >= 0.6 is 22.7 Å². The van der Waals surface area contributed by atoms with Gasteiger partial charge in [-0.05, 0) is 48.4 Å². The summed E-state index contributed by atoms with van der Waals surface area (Å²) in [7, 11) is 1.59. The molecule has 1 unspecified atom stereocenters. The number of hydrogen-bond acceptors (Lipinski definition) is 8. The number of aliphatic hydroxyl groups is 1. The van der Waals surface area contributed by atoms with E-state index in [1.165, 1.54) is 27.6 Å². The molecule has 7 nitrogen and oxygen atoms in total. The van der Waals surface area contributed by atoms with Crippen molar-refractivity contribution in [2.24, 2.45) is 0 Å². The van der Waals surface area contributed by atoms with Crippen LogP contribution in [0.25, 0.3) is 21.0 Å². The number of methoxy groups -OCH3 is 1. The molecule has 1 aliphatic rings. The van der Waals surface area contributed by atoms with E-state index in [-0.39, 0.29) is 5.57 Å². The normalized spacial score (nSPS) is 15.8. The van der Waals surface area contributed by atoms with E-state index in [0.29, 0.717) is 27.0 Å². The largest absolute Gasteiger partial charge is 0.503 e. The molecule has 1 amide bonds. The lowest BCUT2D eigenvalue weighted by atomic mass is 9.91. The molecule has 0 saturated carbocycles. The number of fused-ring (bicyclic) bond motifs is 2. The molecule has 0 spiro atoms. The number of thiazole rings is 2. The Morgan fingerprint density at radius 2 is 1.81 bits per heavy atom. The van der Waals surface area contributed by atoms with E-state index in [1.807, 2.05) is 61.5 Å². The van der Waals surface area contributed by atoms with Gasteiger partial charge in [0, 0.05) is 0 Å². The first-order valence-electron chi connectivity index (χ1n) is 11.5. The Hall–Kier alpha value is -4.08. The standard InChI is InChI=1S/C28H21N3O4S2/c1-14-26(36-15(2)29-14)24(32)22-23(19-10-6-8-16-7-4-5-9-18(16)19)31(27(34)25(22)33)28-30-20-12-11-17(35-3)13-21(20)37-28/h4-13,23,33H,1-3H3. The number of nitrogens with zero attached hydrogens (tertiary/aromatic N) is 3. The average Bonchev–Trinajstić information content (AvgIpc) is 3.55. The molecule has 3 aromatic carbocycles. The molecule has 37 heavy (non-hydrogen) atoms. The molecule has 1 aliphatic heterocycles. The highest BCUT2D eigenvalue weighted by Gasteiger charge is 2.47. The summed E-state index contributed by atoms with van der Waals surface area (Å²) in [6.07, 6.45) is 0. The molecule has 0 bridgehead atoms. The van der Waals surface area contributed by atoms with Gasteiger partial charge in [-0.15, -0.1) is 11.3 Å². The number of hydrogen-bond donors (Lipinski definition) is 1. The third-order valence-electron chi connectivity index (χ3n) is 6.47. The van der Waals surface area contributed by atoms with Gasteiger partial charge in [0.2, 0.25) is 5.78 Å². The fourth-order valence-electron chi connectivity index (χ4n) is 4.80. The first-order valence-corrected chi connectivity index (χ1v) is 13.2. The minimum atomic E-state index is -0.865. The molecule has 2 aromatic heterocycles. The average molecular weight is 528 g/mol. The Kier molecular flexibility index (Phi) is 5.54. The van der Waals surface area contributed by atoms with Crippen LogP contribution in [0.3, 0.4) is 0 Å². The maximum absolute atomic E-state index is 13.9. The second-order valence-electron chi connectivity index (χ2n) is 8.71. The molecule has 0 fully saturated rings. The number of amides is 1. The zero-order valence-electron chi connectivity index (χ0n) is 20.2. The van der Waals surface area contributed by atoms with Crippen molar-refractivity contribution in [3.63, 3.8) is 0 Å². The lowest BCUT2D eigenvalue weighted by Gasteiger charge is -2.25. The molecule has 0 aliphatic carbocycles. The predicted octanol–water partition coefficient (Wildman–Crippen LogP) is 6.31. The van der Waals surface area contributed by atoms with Gasteiger partial charge in [-0.3, -0.25) is 14.5 Å². The molecule has 5 aromatic rings. The van der Waals surface area contributed by atoms with Crippen LogP contribution in [0.5, 0.6) is 5.75 Å². The summed E-state index contributed by atoms with van der Waals surface area (Å²) in [5.74, 6) is -0.956. The van der Waals surface area contributed by atoms with Gasteiger partial charge >= 0.3 is 0 Å². The van der Waals surface area contributed by atoms with Crippen LogP contribution in [-0.2, 0) is 4.79 Å². The maximum Gasteiger partial charge on any atom is 0.296 e. The van der Waals surface area contributed by atoms with Crippen LogP contribution in [0, 0.1) is 13.8 Å². The number of rotatable bonds is 5. The number of anilines is 1. The summed E-state index contributed by atoms with van der Waals surface area (Å²) in [5, 5.41) is 14.2. The van der Waals surface area contributed by atoms with E-state index in [4.69, 9.17) is 9.72 Å². The number of aliphatic hydroxyl groups excluding tert-OH is 1. The molecule has 1 N–H and O–H groups in total. The smallest absolute Gasteiger partial charge is 0.296 e. The summed E-state index contributed by atoms with van der Waals surface area (Å²) in [6.45, 7) is 3.59. The van der Waals surface area contributed by atoms with Gasteiger partial charge in [0.15, 0.2) is 10.9 Å². The van der Waals surface area contributed by atoms with Crippen LogP contribution in [0.1, 0.15) is 32.0 Å². The van der Waals surface area contributed by atoms with Crippen LogP contribution in [0.15, 0.2) is 72.0 Å². The van der Waals surface area contributed by atoms with Gasteiger partial charge in [-0.1, -0.05) is 53.8 Å². The number of ketones is 1. The highest BCUT2D eigenvalue weighted by atomic mass is 32.1. The summed E-state index contributed by atoms with van der Waals surface area (Å²) in [4.78, 5) is 38.5. The Balaban J connectivity index is 1.59. The number of aromatic nitrogens is 2. The van der Waals surface area contributed by atoms with Crippen molar-refractivity contribution in [1.82, 2.24) is 9.97 Å². The number of aryl methyl sites for hydroxylation is 2. The number of carbonyl (C=O) groups is 2. The van der Waals surface area contributed by atoms with Crippen molar-refractivity contribution in [3.05, 3.63) is 93.1 Å². The quantitative estimate of drug-likeness (QED) is 0.269. The van der Waals surface area contributed by atoms with Gasteiger partial charge in [0.1, 0.15) is 5.75 Å². The second-order valence-corrected chi connectivity index (χ2v) is 10.9. The molecule has 3 heterocycles. The molecule has 6 rings (SSSR count). The van der Waals surface area contributed by atoms with Gasteiger partial charge < -0.3 is 9.84 Å². The Labute approximate surface area is 220 Å². The zero-order chi connectivity index (χ0) is 25.8. The molecule has 1 atom stereocenters. The second kappa shape index (κ2) is 8.79. The summed E-state index contributed by atoms with van der Waals surface area (Å²) < 4.78 is 6.17. The number of Topliss-reactive ketones (excluding diaryl/α,β-unsaturated/α-hetero) is 1. The minimum absolute atomic E-state index is 0.0324. The first kappa shape index (κ1) is 23.3. The van der Waals surface area contributed by atoms with Crippen molar-refractivity contribution >= 4 is 60.5 Å². The van der Waals surface area contributed by atoms with Crippen molar-refractivity contribution in [2.45, 2.75) is 19.9 Å². The Morgan fingerprint density at radius 1 is 1.03 bits per heavy atom. The van der Waals surface area contributed by atoms with Gasteiger partial charge in [-0.2, -0.15) is 0 Å². The van der Waals surface area contributed by atoms with Crippen LogP contribution in [0.4, 0.5) is 5.13 Å². The third-order valence-corrected chi connectivity index (χ3v) is 8.56. The Morgan fingerprint density at radius 3 is 2.57 bits per heavy atom. The van der Waals surface area contributed by atoms with Gasteiger partial charge in [0.05, 0.1) is 44.5 Å². The minimum Gasteiger partial charge on any atom is -0.503 e. The predicted molar refractivity (Wildman–Crippen MR) is 146 cm³/mol. The van der Waals surface area contributed by atoms with Crippen LogP contribution < -0.4 is 9.64 Å². The van der Waals surface area contributed by atoms with Crippen molar-refractivity contribution in [3.8, 4) is 5.75 Å².